The standard InChI is InChI=1S/C13H12ClFN4O3S/c1-6(20)18-19-13-17-12(22)10(23-13)5-11(21)16-7-2-3-9(15)8(14)4-7/h2-4,10H,5H2,1H3,(H,16,21)(H,18,20)(H,17,19,22)/t10-/m0/s1. The molecule has 7 nitrogen and oxygen atoms in total. The monoisotopic (exact) mass is 358 g/mol. The van der Waals surface area contributed by atoms with Gasteiger partial charge in [0.2, 0.25) is 17.7 Å². The minimum atomic E-state index is -0.668. The lowest BCUT2D eigenvalue weighted by atomic mass is 10.2. The summed E-state index contributed by atoms with van der Waals surface area (Å²) in [6.07, 6.45) is -0.107. The van der Waals surface area contributed by atoms with E-state index in [1.165, 1.54) is 19.1 Å². The summed E-state index contributed by atoms with van der Waals surface area (Å²) in [5, 5.41) is 8.11. The van der Waals surface area contributed by atoms with E-state index < -0.39 is 17.0 Å². The highest BCUT2D eigenvalue weighted by Gasteiger charge is 2.32. The molecule has 3 N–H and O–H groups in total. The zero-order chi connectivity index (χ0) is 17.0. The van der Waals surface area contributed by atoms with E-state index in [1.807, 2.05) is 0 Å². The van der Waals surface area contributed by atoms with Gasteiger partial charge < -0.3 is 10.6 Å². The third-order valence-corrected chi connectivity index (χ3v) is 4.04. The maximum Gasteiger partial charge on any atom is 0.240 e. The Morgan fingerprint density at radius 1 is 1.48 bits per heavy atom. The van der Waals surface area contributed by atoms with Gasteiger partial charge in [0.05, 0.1) is 5.02 Å². The van der Waals surface area contributed by atoms with Gasteiger partial charge in [0.1, 0.15) is 11.1 Å². The quantitative estimate of drug-likeness (QED) is 0.709. The van der Waals surface area contributed by atoms with Crippen LogP contribution < -0.4 is 16.1 Å². The Labute approximate surface area is 140 Å². The molecule has 1 fully saturated rings. The van der Waals surface area contributed by atoms with Crippen molar-refractivity contribution in [1.82, 2.24) is 10.7 Å². The number of rotatable bonds is 4. The van der Waals surface area contributed by atoms with Crippen LogP contribution >= 0.6 is 23.4 Å². The molecule has 1 heterocycles. The van der Waals surface area contributed by atoms with Crippen molar-refractivity contribution in [2.75, 3.05) is 5.32 Å². The number of amides is 3. The third-order valence-electron chi connectivity index (χ3n) is 2.67. The van der Waals surface area contributed by atoms with Gasteiger partial charge in [0.25, 0.3) is 0 Å². The summed E-state index contributed by atoms with van der Waals surface area (Å²) in [5.74, 6) is -1.77. The summed E-state index contributed by atoms with van der Waals surface area (Å²) in [6, 6.07) is 3.78. The molecule has 0 aromatic heterocycles. The number of thioether (sulfide) groups is 1. The van der Waals surface area contributed by atoms with Crippen LogP contribution in [-0.4, -0.2) is 28.1 Å². The Bertz CT molecular complexity index is 698. The summed E-state index contributed by atoms with van der Waals surface area (Å²) in [5.41, 5.74) is 2.53. The molecule has 3 amide bonds. The molecule has 0 bridgehead atoms. The molecule has 0 aliphatic carbocycles. The number of hydrogen-bond acceptors (Lipinski definition) is 5. The molecule has 10 heteroatoms. The topological polar surface area (TPSA) is 99.7 Å². The average molecular weight is 359 g/mol. The van der Waals surface area contributed by atoms with Crippen LogP contribution in [-0.2, 0) is 14.4 Å². The van der Waals surface area contributed by atoms with Crippen molar-refractivity contribution in [2.24, 2.45) is 5.10 Å². The fourth-order valence-corrected chi connectivity index (χ4v) is 2.78. The molecule has 0 spiro atoms. The zero-order valence-electron chi connectivity index (χ0n) is 11.9. The molecule has 1 aliphatic heterocycles. The molecular weight excluding hydrogens is 347 g/mol. The molecular formula is C13H12ClFN4O3S. The van der Waals surface area contributed by atoms with Crippen molar-refractivity contribution >= 4 is 51.9 Å². The number of hydrazone groups is 1. The summed E-state index contributed by atoms with van der Waals surface area (Å²) in [6.45, 7) is 1.28. The van der Waals surface area contributed by atoms with Crippen LogP contribution in [0.5, 0.6) is 0 Å². The summed E-state index contributed by atoms with van der Waals surface area (Å²) in [4.78, 5) is 34.4. The molecule has 1 saturated heterocycles. The highest BCUT2D eigenvalue weighted by Crippen LogP contribution is 2.23. The van der Waals surface area contributed by atoms with Crippen LogP contribution in [0.3, 0.4) is 0 Å². The highest BCUT2D eigenvalue weighted by molar-refractivity contribution is 8.15. The number of amidine groups is 1. The molecule has 1 aromatic carbocycles. The van der Waals surface area contributed by atoms with Gasteiger partial charge in [0, 0.05) is 19.0 Å². The lowest BCUT2D eigenvalue weighted by molar-refractivity contribution is -0.122. The van der Waals surface area contributed by atoms with Gasteiger partial charge in [-0.2, -0.15) is 0 Å². The van der Waals surface area contributed by atoms with E-state index in [1.54, 1.807) is 0 Å². The van der Waals surface area contributed by atoms with Crippen molar-refractivity contribution in [1.29, 1.82) is 0 Å². The van der Waals surface area contributed by atoms with Crippen molar-refractivity contribution in [3.63, 3.8) is 0 Å². The second-order valence-electron chi connectivity index (χ2n) is 4.56. The van der Waals surface area contributed by atoms with Crippen LogP contribution in [0.15, 0.2) is 23.3 Å². The first-order chi connectivity index (χ1) is 10.8. The van der Waals surface area contributed by atoms with E-state index >= 15 is 0 Å². The van der Waals surface area contributed by atoms with E-state index in [0.717, 1.165) is 17.8 Å². The Morgan fingerprint density at radius 3 is 2.87 bits per heavy atom. The third kappa shape index (κ3) is 4.93. The van der Waals surface area contributed by atoms with Crippen LogP contribution in [0.4, 0.5) is 10.1 Å². The SMILES string of the molecule is CC(=O)N/N=C1\NC(=O)[C@H](CC(=O)Nc2ccc(F)c(Cl)c2)S1. The van der Waals surface area contributed by atoms with Crippen LogP contribution in [0.2, 0.25) is 5.02 Å². The summed E-state index contributed by atoms with van der Waals surface area (Å²) >= 11 is 6.66. The van der Waals surface area contributed by atoms with Crippen LogP contribution in [0, 0.1) is 5.82 Å². The number of carbonyl (C=O) groups excluding carboxylic acids is 3. The van der Waals surface area contributed by atoms with Gasteiger partial charge in [0.15, 0.2) is 5.17 Å². The number of carbonyl (C=O) groups is 3. The Kier molecular flexibility index (Phi) is 5.56. The maximum atomic E-state index is 13.0. The predicted octanol–water partition coefficient (Wildman–Crippen LogP) is 1.45. The van der Waals surface area contributed by atoms with E-state index in [4.69, 9.17) is 11.6 Å². The molecule has 1 aromatic rings. The number of halogens is 2. The molecule has 0 radical (unpaired) electrons. The Balaban J connectivity index is 1.92. The van der Waals surface area contributed by atoms with E-state index in [9.17, 15) is 18.8 Å². The van der Waals surface area contributed by atoms with Gasteiger partial charge in [-0.05, 0) is 18.2 Å². The molecule has 23 heavy (non-hydrogen) atoms. The molecule has 1 atom stereocenters. The first-order valence-electron chi connectivity index (χ1n) is 6.42. The second-order valence-corrected chi connectivity index (χ2v) is 6.16. The largest absolute Gasteiger partial charge is 0.326 e. The summed E-state index contributed by atoms with van der Waals surface area (Å²) < 4.78 is 13.0. The van der Waals surface area contributed by atoms with Gasteiger partial charge in [-0.3, -0.25) is 14.4 Å². The number of benzene rings is 1. The first kappa shape index (κ1) is 17.2. The van der Waals surface area contributed by atoms with Gasteiger partial charge in [-0.1, -0.05) is 23.4 Å². The molecule has 0 unspecified atom stereocenters. The van der Waals surface area contributed by atoms with E-state index in [0.29, 0.717) is 5.69 Å². The average Bonchev–Trinajstić information content (AvgIpc) is 2.81. The molecule has 2 rings (SSSR count). The van der Waals surface area contributed by atoms with Crippen LogP contribution in [0.1, 0.15) is 13.3 Å². The van der Waals surface area contributed by atoms with Crippen molar-refractivity contribution in [3.05, 3.63) is 29.0 Å². The predicted molar refractivity (Wildman–Crippen MR) is 85.4 cm³/mol. The molecule has 1 aliphatic rings. The van der Waals surface area contributed by atoms with Gasteiger partial charge in [-0.25, -0.2) is 9.82 Å². The summed E-state index contributed by atoms with van der Waals surface area (Å²) in [7, 11) is 0. The number of anilines is 1. The Hall–Kier alpha value is -2.13. The molecule has 0 saturated carbocycles. The highest BCUT2D eigenvalue weighted by atomic mass is 35.5. The fourth-order valence-electron chi connectivity index (χ4n) is 1.68. The van der Waals surface area contributed by atoms with E-state index in [-0.39, 0.29) is 28.4 Å². The minimum absolute atomic E-state index is 0.107. The van der Waals surface area contributed by atoms with Gasteiger partial charge >= 0.3 is 0 Å². The minimum Gasteiger partial charge on any atom is -0.326 e. The normalized spacial score (nSPS) is 18.7. The fraction of sp³-hybridized carbons (Fsp3) is 0.231. The number of nitrogens with one attached hydrogen (secondary N) is 3. The smallest absolute Gasteiger partial charge is 0.240 e. The molecule has 122 valence electrons. The van der Waals surface area contributed by atoms with Crippen molar-refractivity contribution in [2.45, 2.75) is 18.6 Å². The first-order valence-corrected chi connectivity index (χ1v) is 7.67. The lowest BCUT2D eigenvalue weighted by Gasteiger charge is -2.08. The number of nitrogens with zero attached hydrogens (tertiary/aromatic N) is 1. The van der Waals surface area contributed by atoms with Crippen molar-refractivity contribution in [3.8, 4) is 0 Å². The number of hydrogen-bond donors (Lipinski definition) is 3. The second kappa shape index (κ2) is 7.42. The van der Waals surface area contributed by atoms with Crippen molar-refractivity contribution < 1.29 is 18.8 Å². The van der Waals surface area contributed by atoms with Crippen LogP contribution in [0.25, 0.3) is 0 Å². The Morgan fingerprint density at radius 2 is 2.22 bits per heavy atom. The maximum absolute atomic E-state index is 13.0. The zero-order valence-corrected chi connectivity index (χ0v) is 13.4. The van der Waals surface area contributed by atoms with E-state index in [2.05, 4.69) is 21.2 Å². The van der Waals surface area contributed by atoms with Gasteiger partial charge in [-0.15, -0.1) is 5.10 Å². The lowest BCUT2D eigenvalue weighted by Crippen LogP contribution is -2.28.